The first-order chi connectivity index (χ1) is 6.13. The number of carbonyl (C=O) groups excluding carboxylic acids is 1. The standard InChI is InChI=1S/C8H11IN2O2/c1-3-13-8(12)5-11-4-7(9)6(2)10-11/h4H,3,5H2,1-2H3. The number of hydrogen-bond acceptors (Lipinski definition) is 3. The third-order valence-electron chi connectivity index (χ3n) is 1.48. The molecule has 0 aliphatic rings. The molecule has 1 aromatic rings. The van der Waals surface area contributed by atoms with Gasteiger partial charge >= 0.3 is 5.97 Å². The van der Waals surface area contributed by atoms with Gasteiger partial charge in [-0.05, 0) is 36.4 Å². The lowest BCUT2D eigenvalue weighted by atomic mass is 10.5. The Morgan fingerprint density at radius 2 is 2.46 bits per heavy atom. The van der Waals surface area contributed by atoms with Crippen molar-refractivity contribution in [2.24, 2.45) is 0 Å². The van der Waals surface area contributed by atoms with Crippen LogP contribution in [0.25, 0.3) is 0 Å². The predicted molar refractivity (Wildman–Crippen MR) is 56.3 cm³/mol. The summed E-state index contributed by atoms with van der Waals surface area (Å²) in [5.41, 5.74) is 0.935. The van der Waals surface area contributed by atoms with Crippen LogP contribution in [0.5, 0.6) is 0 Å². The van der Waals surface area contributed by atoms with E-state index in [1.807, 2.05) is 13.1 Å². The minimum absolute atomic E-state index is 0.192. The Labute approximate surface area is 90.4 Å². The van der Waals surface area contributed by atoms with Crippen LogP contribution in [-0.2, 0) is 16.1 Å². The quantitative estimate of drug-likeness (QED) is 0.624. The fourth-order valence-corrected chi connectivity index (χ4v) is 1.34. The lowest BCUT2D eigenvalue weighted by molar-refractivity contribution is -0.144. The molecule has 4 nitrogen and oxygen atoms in total. The number of nitrogens with zero attached hydrogens (tertiary/aromatic N) is 2. The van der Waals surface area contributed by atoms with Crippen LogP contribution in [0.4, 0.5) is 0 Å². The van der Waals surface area contributed by atoms with E-state index in [9.17, 15) is 4.79 Å². The van der Waals surface area contributed by atoms with Crippen LogP contribution in [0, 0.1) is 10.5 Å². The van der Waals surface area contributed by atoms with Crippen LogP contribution in [0.15, 0.2) is 6.20 Å². The Morgan fingerprint density at radius 3 is 2.92 bits per heavy atom. The molecule has 0 saturated heterocycles. The van der Waals surface area contributed by atoms with Gasteiger partial charge in [-0.3, -0.25) is 9.48 Å². The molecule has 1 aromatic heterocycles. The molecule has 5 heteroatoms. The number of halogens is 1. The molecule has 0 fully saturated rings. The van der Waals surface area contributed by atoms with Crippen molar-refractivity contribution in [2.75, 3.05) is 6.61 Å². The highest BCUT2D eigenvalue weighted by Gasteiger charge is 2.06. The lowest BCUT2D eigenvalue weighted by Crippen LogP contribution is -2.13. The third kappa shape index (κ3) is 2.98. The second-order valence-electron chi connectivity index (χ2n) is 2.57. The van der Waals surface area contributed by atoms with Gasteiger partial charge in [0.05, 0.1) is 15.9 Å². The van der Waals surface area contributed by atoms with Crippen LogP contribution >= 0.6 is 22.6 Å². The molecule has 1 rings (SSSR count). The molecule has 0 amide bonds. The van der Waals surface area contributed by atoms with Gasteiger partial charge < -0.3 is 4.74 Å². The van der Waals surface area contributed by atoms with Gasteiger partial charge in [0, 0.05) is 6.20 Å². The Bertz CT molecular complexity index is 290. The summed E-state index contributed by atoms with van der Waals surface area (Å²) in [5.74, 6) is -0.249. The van der Waals surface area contributed by atoms with Gasteiger partial charge in [-0.2, -0.15) is 5.10 Å². The SMILES string of the molecule is CCOC(=O)Cn1cc(I)c(C)n1. The maximum absolute atomic E-state index is 11.0. The summed E-state index contributed by atoms with van der Waals surface area (Å²) in [6.07, 6.45) is 1.83. The molecular formula is C8H11IN2O2. The van der Waals surface area contributed by atoms with E-state index in [4.69, 9.17) is 4.74 Å². The summed E-state index contributed by atoms with van der Waals surface area (Å²) >= 11 is 2.18. The van der Waals surface area contributed by atoms with Crippen LogP contribution < -0.4 is 0 Å². The minimum Gasteiger partial charge on any atom is -0.465 e. The largest absolute Gasteiger partial charge is 0.465 e. The highest BCUT2D eigenvalue weighted by atomic mass is 127. The molecule has 13 heavy (non-hydrogen) atoms. The predicted octanol–water partition coefficient (Wildman–Crippen LogP) is 1.36. The number of hydrogen-bond donors (Lipinski definition) is 0. The normalized spacial score (nSPS) is 10.1. The fourth-order valence-electron chi connectivity index (χ4n) is 0.913. The molecule has 0 saturated carbocycles. The van der Waals surface area contributed by atoms with Gasteiger partial charge in [-0.15, -0.1) is 0 Å². The van der Waals surface area contributed by atoms with Gasteiger partial charge in [-0.1, -0.05) is 0 Å². The highest BCUT2D eigenvalue weighted by Crippen LogP contribution is 2.08. The zero-order chi connectivity index (χ0) is 9.84. The van der Waals surface area contributed by atoms with E-state index in [-0.39, 0.29) is 12.5 Å². The van der Waals surface area contributed by atoms with Crippen LogP contribution in [0.3, 0.4) is 0 Å². The first kappa shape index (κ1) is 10.5. The second kappa shape index (κ2) is 4.59. The van der Waals surface area contributed by atoms with E-state index in [0.717, 1.165) is 9.26 Å². The molecule has 0 aliphatic carbocycles. The highest BCUT2D eigenvalue weighted by molar-refractivity contribution is 14.1. The third-order valence-corrected chi connectivity index (χ3v) is 2.54. The van der Waals surface area contributed by atoms with Crippen molar-refractivity contribution in [3.63, 3.8) is 0 Å². The zero-order valence-corrected chi connectivity index (χ0v) is 9.74. The molecular weight excluding hydrogens is 283 g/mol. The van der Waals surface area contributed by atoms with E-state index < -0.39 is 0 Å². The van der Waals surface area contributed by atoms with Gasteiger partial charge in [-0.25, -0.2) is 0 Å². The van der Waals surface area contributed by atoms with Crippen molar-refractivity contribution in [3.05, 3.63) is 15.5 Å². The topological polar surface area (TPSA) is 44.1 Å². The summed E-state index contributed by atoms with van der Waals surface area (Å²) in [7, 11) is 0. The molecule has 0 N–H and O–H groups in total. The molecule has 0 spiro atoms. The number of aryl methyl sites for hydroxylation is 1. The Morgan fingerprint density at radius 1 is 1.77 bits per heavy atom. The van der Waals surface area contributed by atoms with Crippen molar-refractivity contribution in [1.82, 2.24) is 9.78 Å². The van der Waals surface area contributed by atoms with Gasteiger partial charge in [0.2, 0.25) is 0 Å². The minimum atomic E-state index is -0.249. The maximum atomic E-state index is 11.0. The summed E-state index contributed by atoms with van der Waals surface area (Å²) in [4.78, 5) is 11.0. The van der Waals surface area contributed by atoms with Crippen LogP contribution in [-0.4, -0.2) is 22.4 Å². The average Bonchev–Trinajstić information content (AvgIpc) is 2.31. The van der Waals surface area contributed by atoms with Gasteiger partial charge in [0.15, 0.2) is 0 Å². The Hall–Kier alpha value is -0.590. The summed E-state index contributed by atoms with van der Waals surface area (Å²) in [6.45, 7) is 4.30. The van der Waals surface area contributed by atoms with Gasteiger partial charge in [0.1, 0.15) is 6.54 Å². The molecule has 0 aliphatic heterocycles. The first-order valence-electron chi connectivity index (χ1n) is 3.98. The molecule has 0 radical (unpaired) electrons. The maximum Gasteiger partial charge on any atom is 0.327 e. The van der Waals surface area contributed by atoms with E-state index in [1.165, 1.54) is 0 Å². The summed E-state index contributed by atoms with van der Waals surface area (Å²) in [6, 6.07) is 0. The summed E-state index contributed by atoms with van der Waals surface area (Å²) < 4.78 is 7.44. The number of carbonyl (C=O) groups is 1. The number of ether oxygens (including phenoxy) is 1. The van der Waals surface area contributed by atoms with Crippen molar-refractivity contribution < 1.29 is 9.53 Å². The molecule has 0 unspecified atom stereocenters. The average molecular weight is 294 g/mol. The van der Waals surface area contributed by atoms with Crippen molar-refractivity contribution in [2.45, 2.75) is 20.4 Å². The first-order valence-corrected chi connectivity index (χ1v) is 5.06. The summed E-state index contributed by atoms with van der Waals surface area (Å²) in [5, 5.41) is 4.14. The molecule has 0 aromatic carbocycles. The monoisotopic (exact) mass is 294 g/mol. The van der Waals surface area contributed by atoms with Crippen molar-refractivity contribution in [3.8, 4) is 0 Å². The van der Waals surface area contributed by atoms with Gasteiger partial charge in [0.25, 0.3) is 0 Å². The Balaban J connectivity index is 2.59. The van der Waals surface area contributed by atoms with E-state index in [0.29, 0.717) is 6.61 Å². The second-order valence-corrected chi connectivity index (χ2v) is 3.73. The lowest BCUT2D eigenvalue weighted by Gasteiger charge is -2.00. The van der Waals surface area contributed by atoms with Crippen molar-refractivity contribution in [1.29, 1.82) is 0 Å². The number of rotatable bonds is 3. The van der Waals surface area contributed by atoms with E-state index in [2.05, 4.69) is 27.7 Å². The van der Waals surface area contributed by atoms with Crippen molar-refractivity contribution >= 4 is 28.6 Å². The molecule has 0 atom stereocenters. The molecule has 72 valence electrons. The zero-order valence-electron chi connectivity index (χ0n) is 7.58. The smallest absolute Gasteiger partial charge is 0.327 e. The molecule has 0 bridgehead atoms. The Kier molecular flexibility index (Phi) is 3.71. The number of aromatic nitrogens is 2. The van der Waals surface area contributed by atoms with E-state index >= 15 is 0 Å². The van der Waals surface area contributed by atoms with Crippen LogP contribution in [0.1, 0.15) is 12.6 Å². The van der Waals surface area contributed by atoms with Crippen LogP contribution in [0.2, 0.25) is 0 Å². The number of esters is 1. The van der Waals surface area contributed by atoms with E-state index in [1.54, 1.807) is 11.6 Å². The molecule has 1 heterocycles. The fraction of sp³-hybridized carbons (Fsp3) is 0.500.